The van der Waals surface area contributed by atoms with Crippen LogP contribution in [0.5, 0.6) is 5.75 Å². The van der Waals surface area contributed by atoms with Crippen molar-refractivity contribution in [3.05, 3.63) is 111 Å². The maximum absolute atomic E-state index is 13.5. The molecule has 0 bridgehead atoms. The van der Waals surface area contributed by atoms with Gasteiger partial charge in [0.15, 0.2) is 11.4 Å². The first-order valence-electron chi connectivity index (χ1n) is 10.9. The summed E-state index contributed by atoms with van der Waals surface area (Å²) in [5.41, 5.74) is 4.63. The first-order valence-corrected chi connectivity index (χ1v) is 11.3. The number of nitriles is 1. The summed E-state index contributed by atoms with van der Waals surface area (Å²) in [5, 5.41) is 14.4. The fourth-order valence-corrected chi connectivity index (χ4v) is 4.22. The number of aromatic nitrogens is 4. The molecule has 7 nitrogen and oxygen atoms in total. The van der Waals surface area contributed by atoms with Gasteiger partial charge in [-0.05, 0) is 61.9 Å². The summed E-state index contributed by atoms with van der Waals surface area (Å²) >= 11 is 6.37. The average Bonchev–Trinajstić information content (AvgIpc) is 3.24. The SMILES string of the molecule is Cc1nc2c(OCc3cccc(C#N)c3)cccn2c(=O)c1-c1cc(C)n(-c2ccccc2Cl)n1. The highest BCUT2D eigenvalue weighted by molar-refractivity contribution is 6.32. The van der Waals surface area contributed by atoms with Crippen molar-refractivity contribution in [2.45, 2.75) is 20.5 Å². The molecule has 8 heteroatoms. The summed E-state index contributed by atoms with van der Waals surface area (Å²) in [7, 11) is 0. The lowest BCUT2D eigenvalue weighted by Crippen LogP contribution is -2.19. The number of hydrogen-bond donors (Lipinski definition) is 0. The Bertz CT molecular complexity index is 1680. The molecule has 0 N–H and O–H groups in total. The van der Waals surface area contributed by atoms with E-state index in [1.165, 1.54) is 4.40 Å². The molecular weight excluding hydrogens is 462 g/mol. The van der Waals surface area contributed by atoms with Crippen LogP contribution in [-0.2, 0) is 6.61 Å². The molecule has 5 rings (SSSR count). The number of rotatable bonds is 5. The van der Waals surface area contributed by atoms with Crippen molar-refractivity contribution in [2.75, 3.05) is 0 Å². The molecule has 0 fully saturated rings. The van der Waals surface area contributed by atoms with Crippen molar-refractivity contribution in [3.63, 3.8) is 0 Å². The van der Waals surface area contributed by atoms with Gasteiger partial charge in [-0.15, -0.1) is 0 Å². The molecule has 0 aliphatic rings. The van der Waals surface area contributed by atoms with Crippen LogP contribution >= 0.6 is 11.6 Å². The smallest absolute Gasteiger partial charge is 0.267 e. The van der Waals surface area contributed by atoms with E-state index in [-0.39, 0.29) is 12.2 Å². The summed E-state index contributed by atoms with van der Waals surface area (Å²) in [6, 6.07) is 22.1. The normalized spacial score (nSPS) is 10.9. The number of ether oxygens (including phenoxy) is 1. The van der Waals surface area contributed by atoms with Gasteiger partial charge >= 0.3 is 0 Å². The topological polar surface area (TPSA) is 85.2 Å². The Morgan fingerprint density at radius 1 is 1.06 bits per heavy atom. The van der Waals surface area contributed by atoms with Crippen LogP contribution in [0.2, 0.25) is 5.02 Å². The zero-order chi connectivity index (χ0) is 24.5. The Kier molecular flexibility index (Phi) is 5.81. The number of benzene rings is 2. The first kappa shape index (κ1) is 22.4. The van der Waals surface area contributed by atoms with E-state index >= 15 is 0 Å². The van der Waals surface area contributed by atoms with Crippen LogP contribution in [0.25, 0.3) is 22.6 Å². The molecule has 3 heterocycles. The van der Waals surface area contributed by atoms with E-state index in [4.69, 9.17) is 26.6 Å². The molecule has 0 atom stereocenters. The van der Waals surface area contributed by atoms with Gasteiger partial charge in [0, 0.05) is 11.9 Å². The Morgan fingerprint density at radius 3 is 2.69 bits per heavy atom. The van der Waals surface area contributed by atoms with E-state index in [1.54, 1.807) is 48.1 Å². The Balaban J connectivity index is 1.55. The highest BCUT2D eigenvalue weighted by Gasteiger charge is 2.19. The van der Waals surface area contributed by atoms with E-state index in [9.17, 15) is 4.79 Å². The lowest BCUT2D eigenvalue weighted by Gasteiger charge is -2.12. The number of pyridine rings is 1. The molecule has 3 aromatic heterocycles. The predicted molar refractivity (Wildman–Crippen MR) is 134 cm³/mol. The second-order valence-electron chi connectivity index (χ2n) is 8.08. The van der Waals surface area contributed by atoms with E-state index in [0.717, 1.165) is 16.9 Å². The standard InChI is InChI=1S/C27H20ClN5O2/c1-17-13-22(31-33(17)23-10-4-3-9-21(23)28)25-18(2)30-26-24(11-6-12-32(26)27(25)34)35-16-20-8-5-7-19(14-20)15-29/h3-14H,16H2,1-2H3. The van der Waals surface area contributed by atoms with Crippen molar-refractivity contribution in [3.8, 4) is 28.8 Å². The number of nitrogens with zero attached hydrogens (tertiary/aromatic N) is 5. The van der Waals surface area contributed by atoms with Gasteiger partial charge in [-0.25, -0.2) is 9.67 Å². The lowest BCUT2D eigenvalue weighted by molar-refractivity contribution is 0.308. The number of para-hydroxylation sites is 1. The van der Waals surface area contributed by atoms with E-state index in [2.05, 4.69) is 11.2 Å². The molecule has 0 saturated heterocycles. The first-order chi connectivity index (χ1) is 17.0. The summed E-state index contributed by atoms with van der Waals surface area (Å²) in [6.07, 6.45) is 1.66. The predicted octanol–water partition coefficient (Wildman–Crippen LogP) is 5.27. The molecule has 0 radical (unpaired) electrons. The molecule has 35 heavy (non-hydrogen) atoms. The minimum absolute atomic E-state index is 0.242. The molecule has 0 aliphatic heterocycles. The summed E-state index contributed by atoms with van der Waals surface area (Å²) in [4.78, 5) is 18.2. The summed E-state index contributed by atoms with van der Waals surface area (Å²) in [6.45, 7) is 3.94. The van der Waals surface area contributed by atoms with Crippen LogP contribution in [0, 0.1) is 25.2 Å². The van der Waals surface area contributed by atoms with Crippen LogP contribution < -0.4 is 10.3 Å². The Morgan fingerprint density at radius 2 is 1.89 bits per heavy atom. The van der Waals surface area contributed by atoms with Gasteiger partial charge in [-0.3, -0.25) is 9.20 Å². The molecule has 2 aromatic carbocycles. The Labute approximate surface area is 206 Å². The monoisotopic (exact) mass is 481 g/mol. The van der Waals surface area contributed by atoms with E-state index in [0.29, 0.717) is 38.9 Å². The fourth-order valence-electron chi connectivity index (χ4n) is 4.01. The molecule has 5 aromatic rings. The van der Waals surface area contributed by atoms with Crippen molar-refractivity contribution in [2.24, 2.45) is 0 Å². The minimum Gasteiger partial charge on any atom is -0.485 e. The molecule has 0 unspecified atom stereocenters. The summed E-state index contributed by atoms with van der Waals surface area (Å²) < 4.78 is 9.18. The van der Waals surface area contributed by atoms with E-state index < -0.39 is 0 Å². The second-order valence-corrected chi connectivity index (χ2v) is 8.49. The zero-order valence-electron chi connectivity index (χ0n) is 19.1. The number of hydrogen-bond acceptors (Lipinski definition) is 5. The minimum atomic E-state index is -0.242. The third-order valence-corrected chi connectivity index (χ3v) is 5.99. The molecule has 172 valence electrons. The van der Waals surface area contributed by atoms with Gasteiger partial charge in [0.25, 0.3) is 5.56 Å². The van der Waals surface area contributed by atoms with Gasteiger partial charge in [0.2, 0.25) is 0 Å². The molecule has 0 aliphatic carbocycles. The van der Waals surface area contributed by atoms with Crippen molar-refractivity contribution >= 4 is 17.2 Å². The van der Waals surface area contributed by atoms with Gasteiger partial charge < -0.3 is 4.74 Å². The number of aryl methyl sites for hydroxylation is 2. The highest BCUT2D eigenvalue weighted by Crippen LogP contribution is 2.26. The second kappa shape index (κ2) is 9.09. The zero-order valence-corrected chi connectivity index (χ0v) is 19.8. The van der Waals surface area contributed by atoms with Crippen LogP contribution in [0.15, 0.2) is 77.7 Å². The van der Waals surface area contributed by atoms with Gasteiger partial charge in [-0.1, -0.05) is 35.9 Å². The Hall–Kier alpha value is -4.41. The van der Waals surface area contributed by atoms with Crippen molar-refractivity contribution < 1.29 is 4.74 Å². The van der Waals surface area contributed by atoms with Crippen LogP contribution in [0.1, 0.15) is 22.5 Å². The fraction of sp³-hybridized carbons (Fsp3) is 0.111. The molecule has 0 amide bonds. The average molecular weight is 482 g/mol. The maximum Gasteiger partial charge on any atom is 0.267 e. The van der Waals surface area contributed by atoms with Crippen molar-refractivity contribution in [1.82, 2.24) is 19.2 Å². The van der Waals surface area contributed by atoms with Gasteiger partial charge in [-0.2, -0.15) is 10.4 Å². The third-order valence-electron chi connectivity index (χ3n) is 5.67. The third kappa shape index (κ3) is 4.16. The number of halogens is 1. The van der Waals surface area contributed by atoms with Crippen LogP contribution in [0.4, 0.5) is 0 Å². The van der Waals surface area contributed by atoms with Crippen molar-refractivity contribution in [1.29, 1.82) is 5.26 Å². The largest absolute Gasteiger partial charge is 0.485 e. The lowest BCUT2D eigenvalue weighted by atomic mass is 10.1. The van der Waals surface area contributed by atoms with Crippen LogP contribution in [0.3, 0.4) is 0 Å². The quantitative estimate of drug-likeness (QED) is 0.341. The molecule has 0 spiro atoms. The van der Waals surface area contributed by atoms with Crippen LogP contribution in [-0.4, -0.2) is 19.2 Å². The number of fused-ring (bicyclic) bond motifs is 1. The maximum atomic E-state index is 13.5. The molecular formula is C27H20ClN5O2. The highest BCUT2D eigenvalue weighted by atomic mass is 35.5. The summed E-state index contributed by atoms with van der Waals surface area (Å²) in [5.74, 6) is 0.472. The van der Waals surface area contributed by atoms with Gasteiger partial charge in [0.05, 0.1) is 33.6 Å². The van der Waals surface area contributed by atoms with Gasteiger partial charge in [0.1, 0.15) is 12.3 Å². The molecule has 0 saturated carbocycles. The van der Waals surface area contributed by atoms with E-state index in [1.807, 2.05) is 43.3 Å².